The first-order valence-electron chi connectivity index (χ1n) is 8.65. The summed E-state index contributed by atoms with van der Waals surface area (Å²) in [5, 5.41) is 10.4. The van der Waals surface area contributed by atoms with Gasteiger partial charge < -0.3 is 14.6 Å². The van der Waals surface area contributed by atoms with Gasteiger partial charge in [0.15, 0.2) is 5.82 Å². The van der Waals surface area contributed by atoms with Crippen molar-refractivity contribution in [3.05, 3.63) is 54.1 Å². The Hall–Kier alpha value is -1.98. The zero-order chi connectivity index (χ0) is 16.9. The van der Waals surface area contributed by atoms with Gasteiger partial charge >= 0.3 is 0 Å². The van der Waals surface area contributed by atoms with Gasteiger partial charge in [-0.2, -0.15) is 0 Å². The molecule has 1 fully saturated rings. The Balaban J connectivity index is 1.62. The molecule has 5 nitrogen and oxygen atoms in total. The molecule has 1 atom stereocenters. The molecule has 1 N–H and O–H groups in total. The Morgan fingerprint density at radius 3 is 2.67 bits per heavy atom. The number of aromatic nitrogens is 2. The van der Waals surface area contributed by atoms with Crippen LogP contribution in [0.25, 0.3) is 0 Å². The molecular formula is C19H25N3O2. The van der Waals surface area contributed by atoms with Gasteiger partial charge in [-0.15, -0.1) is 0 Å². The largest absolute Gasteiger partial charge is 0.390 e. The van der Waals surface area contributed by atoms with E-state index < -0.39 is 6.10 Å². The second-order valence-electron chi connectivity index (χ2n) is 6.74. The van der Waals surface area contributed by atoms with Gasteiger partial charge in [0.05, 0.1) is 12.6 Å². The number of carbonyl (C=O) groups excluding carboxylic acids is 1. The highest BCUT2D eigenvalue weighted by atomic mass is 16.3. The lowest BCUT2D eigenvalue weighted by Gasteiger charge is -2.31. The van der Waals surface area contributed by atoms with E-state index in [-0.39, 0.29) is 5.78 Å². The Labute approximate surface area is 142 Å². The number of β-amino-alcohol motifs (C(OH)–C–C–N with tert-alkyl or cyclic N) is 1. The third kappa shape index (κ3) is 4.10. The molecular weight excluding hydrogens is 302 g/mol. The second kappa shape index (κ2) is 7.73. The van der Waals surface area contributed by atoms with Crippen LogP contribution in [-0.2, 0) is 6.54 Å². The Kier molecular flexibility index (Phi) is 5.43. The number of nitrogens with zero attached hydrogens (tertiary/aromatic N) is 3. The molecule has 1 aromatic carbocycles. The average Bonchev–Trinajstić information content (AvgIpc) is 3.05. The Morgan fingerprint density at radius 1 is 1.25 bits per heavy atom. The molecule has 0 unspecified atom stereocenters. The van der Waals surface area contributed by atoms with Gasteiger partial charge in [0.1, 0.15) is 0 Å². The van der Waals surface area contributed by atoms with E-state index in [0.717, 1.165) is 19.0 Å². The van der Waals surface area contributed by atoms with Crippen molar-refractivity contribution >= 4 is 5.78 Å². The van der Waals surface area contributed by atoms with Crippen LogP contribution < -0.4 is 0 Å². The summed E-state index contributed by atoms with van der Waals surface area (Å²) in [6.45, 7) is 5.39. The molecule has 1 aliphatic rings. The van der Waals surface area contributed by atoms with E-state index in [1.54, 1.807) is 29.1 Å². The Morgan fingerprint density at radius 2 is 1.96 bits per heavy atom. The number of carbonyl (C=O) groups is 1. The van der Waals surface area contributed by atoms with Crippen molar-refractivity contribution in [3.8, 4) is 0 Å². The van der Waals surface area contributed by atoms with E-state index >= 15 is 0 Å². The SMILES string of the molecule is CC1CCN(C[C@H](O)Cn2ccnc2C(=O)c2ccccc2)CC1. The van der Waals surface area contributed by atoms with E-state index in [1.165, 1.54) is 12.8 Å². The van der Waals surface area contributed by atoms with Gasteiger partial charge in [-0.3, -0.25) is 4.79 Å². The third-order valence-corrected chi connectivity index (χ3v) is 4.71. The number of imidazole rings is 1. The fourth-order valence-electron chi connectivity index (χ4n) is 3.21. The topological polar surface area (TPSA) is 58.4 Å². The second-order valence-corrected chi connectivity index (χ2v) is 6.74. The van der Waals surface area contributed by atoms with E-state index in [0.29, 0.717) is 24.5 Å². The van der Waals surface area contributed by atoms with Gasteiger partial charge in [-0.1, -0.05) is 37.3 Å². The molecule has 24 heavy (non-hydrogen) atoms. The number of likely N-dealkylation sites (tertiary alicyclic amines) is 1. The summed E-state index contributed by atoms with van der Waals surface area (Å²) >= 11 is 0. The molecule has 128 valence electrons. The summed E-state index contributed by atoms with van der Waals surface area (Å²) < 4.78 is 1.76. The smallest absolute Gasteiger partial charge is 0.228 e. The van der Waals surface area contributed by atoms with Crippen molar-refractivity contribution in [2.75, 3.05) is 19.6 Å². The van der Waals surface area contributed by atoms with Crippen LogP contribution in [0.2, 0.25) is 0 Å². The number of hydrogen-bond acceptors (Lipinski definition) is 4. The minimum Gasteiger partial charge on any atom is -0.390 e. The van der Waals surface area contributed by atoms with Gasteiger partial charge in [-0.25, -0.2) is 4.98 Å². The van der Waals surface area contributed by atoms with Crippen LogP contribution in [0.1, 0.15) is 35.9 Å². The van der Waals surface area contributed by atoms with Crippen LogP contribution in [0.5, 0.6) is 0 Å². The summed E-state index contributed by atoms with van der Waals surface area (Å²) in [5.41, 5.74) is 0.615. The van der Waals surface area contributed by atoms with Crippen molar-refractivity contribution in [1.29, 1.82) is 0 Å². The standard InChI is InChI=1S/C19H25N3O2/c1-15-7-10-21(11-8-15)13-17(23)14-22-12-9-20-19(22)18(24)16-5-3-2-4-6-16/h2-6,9,12,15,17,23H,7-8,10-11,13-14H2,1H3/t17-/m0/s1. The zero-order valence-corrected chi connectivity index (χ0v) is 14.1. The molecule has 0 aliphatic carbocycles. The highest BCUT2D eigenvalue weighted by Gasteiger charge is 2.20. The fraction of sp³-hybridized carbons (Fsp3) is 0.474. The third-order valence-electron chi connectivity index (χ3n) is 4.71. The van der Waals surface area contributed by atoms with Crippen molar-refractivity contribution in [2.24, 2.45) is 5.92 Å². The van der Waals surface area contributed by atoms with Crippen LogP contribution in [-0.4, -0.2) is 51.1 Å². The number of piperidine rings is 1. The van der Waals surface area contributed by atoms with Crippen LogP contribution >= 0.6 is 0 Å². The van der Waals surface area contributed by atoms with E-state index in [2.05, 4.69) is 16.8 Å². The lowest BCUT2D eigenvalue weighted by molar-refractivity contribution is 0.0788. The molecule has 3 rings (SSSR count). The van der Waals surface area contributed by atoms with E-state index in [1.807, 2.05) is 18.2 Å². The molecule has 0 radical (unpaired) electrons. The zero-order valence-electron chi connectivity index (χ0n) is 14.1. The predicted octanol–water partition coefficient (Wildman–Crippen LogP) is 2.21. The number of rotatable bonds is 6. The van der Waals surface area contributed by atoms with Crippen molar-refractivity contribution < 1.29 is 9.90 Å². The molecule has 1 saturated heterocycles. The quantitative estimate of drug-likeness (QED) is 0.827. The van der Waals surface area contributed by atoms with Crippen LogP contribution in [0.15, 0.2) is 42.7 Å². The number of aliphatic hydroxyl groups is 1. The molecule has 1 aromatic heterocycles. The summed E-state index contributed by atoms with van der Waals surface area (Å²) in [6, 6.07) is 9.13. The maximum atomic E-state index is 12.6. The number of ketones is 1. The molecule has 1 aliphatic heterocycles. The first kappa shape index (κ1) is 16.9. The lowest BCUT2D eigenvalue weighted by Crippen LogP contribution is -2.39. The molecule has 0 saturated carbocycles. The van der Waals surface area contributed by atoms with Crippen LogP contribution in [0.4, 0.5) is 0 Å². The lowest BCUT2D eigenvalue weighted by atomic mass is 9.99. The number of aliphatic hydroxyl groups excluding tert-OH is 1. The van der Waals surface area contributed by atoms with Crippen molar-refractivity contribution in [2.45, 2.75) is 32.4 Å². The minimum absolute atomic E-state index is 0.111. The van der Waals surface area contributed by atoms with E-state index in [4.69, 9.17) is 0 Å². The van der Waals surface area contributed by atoms with Gasteiger partial charge in [-0.05, 0) is 31.8 Å². The minimum atomic E-state index is -0.505. The van der Waals surface area contributed by atoms with Crippen LogP contribution in [0.3, 0.4) is 0 Å². The molecule has 0 spiro atoms. The normalized spacial score (nSPS) is 17.8. The number of benzene rings is 1. The van der Waals surface area contributed by atoms with E-state index in [9.17, 15) is 9.90 Å². The maximum absolute atomic E-state index is 12.6. The summed E-state index contributed by atoms with van der Waals surface area (Å²) in [7, 11) is 0. The van der Waals surface area contributed by atoms with Gasteiger partial charge in [0.2, 0.25) is 5.78 Å². The number of hydrogen-bond donors (Lipinski definition) is 1. The summed E-state index contributed by atoms with van der Waals surface area (Å²) in [4.78, 5) is 19.1. The van der Waals surface area contributed by atoms with Crippen LogP contribution in [0, 0.1) is 5.92 Å². The monoisotopic (exact) mass is 327 g/mol. The molecule has 2 heterocycles. The first-order valence-corrected chi connectivity index (χ1v) is 8.65. The van der Waals surface area contributed by atoms with Crippen molar-refractivity contribution in [3.63, 3.8) is 0 Å². The summed E-state index contributed by atoms with van der Waals surface area (Å²) in [5.74, 6) is 1.05. The highest BCUT2D eigenvalue weighted by Crippen LogP contribution is 2.16. The van der Waals surface area contributed by atoms with Gasteiger partial charge in [0.25, 0.3) is 0 Å². The average molecular weight is 327 g/mol. The fourth-order valence-corrected chi connectivity index (χ4v) is 3.21. The van der Waals surface area contributed by atoms with Gasteiger partial charge in [0, 0.05) is 24.5 Å². The van der Waals surface area contributed by atoms with Crippen molar-refractivity contribution in [1.82, 2.24) is 14.5 Å². The molecule has 5 heteroatoms. The highest BCUT2D eigenvalue weighted by molar-refractivity contribution is 6.06. The molecule has 0 bridgehead atoms. The Bertz CT molecular complexity index is 660. The summed E-state index contributed by atoms with van der Waals surface area (Å²) in [6.07, 6.45) is 5.25. The molecule has 2 aromatic rings. The predicted molar refractivity (Wildman–Crippen MR) is 92.9 cm³/mol. The maximum Gasteiger partial charge on any atom is 0.228 e. The first-order chi connectivity index (χ1) is 11.6. The molecule has 0 amide bonds.